The lowest BCUT2D eigenvalue weighted by atomic mass is 9.95. The van der Waals surface area contributed by atoms with Gasteiger partial charge in [-0.2, -0.15) is 0 Å². The van der Waals surface area contributed by atoms with Crippen LogP contribution in [0.3, 0.4) is 0 Å². The van der Waals surface area contributed by atoms with Gasteiger partial charge in [0.05, 0.1) is 39.2 Å². The van der Waals surface area contributed by atoms with Gasteiger partial charge >= 0.3 is 0 Å². The summed E-state index contributed by atoms with van der Waals surface area (Å²) in [7, 11) is 4.80. The van der Waals surface area contributed by atoms with E-state index in [9.17, 15) is 4.79 Å². The molecule has 4 rings (SSSR count). The van der Waals surface area contributed by atoms with Crippen LogP contribution < -0.4 is 19.5 Å². The van der Waals surface area contributed by atoms with Crippen molar-refractivity contribution < 1.29 is 19.0 Å². The topological polar surface area (TPSA) is 87.5 Å². The van der Waals surface area contributed by atoms with Crippen molar-refractivity contribution in [3.05, 3.63) is 53.9 Å². The zero-order chi connectivity index (χ0) is 24.6. The molecule has 186 valence electrons. The molecule has 1 saturated carbocycles. The lowest BCUT2D eigenvalue weighted by molar-refractivity contribution is 0.101. The summed E-state index contributed by atoms with van der Waals surface area (Å²) in [5.41, 5.74) is 1.46. The van der Waals surface area contributed by atoms with Crippen LogP contribution in [0.1, 0.15) is 54.3 Å². The molecule has 1 heterocycles. The van der Waals surface area contributed by atoms with Crippen LogP contribution in [0.5, 0.6) is 17.2 Å². The number of aromatic nitrogens is 3. The van der Waals surface area contributed by atoms with Gasteiger partial charge in [-0.25, -0.2) is 0 Å². The Kier molecular flexibility index (Phi) is 8.52. The monoisotopic (exact) mass is 496 g/mol. The van der Waals surface area contributed by atoms with E-state index in [1.807, 2.05) is 24.3 Å². The highest BCUT2D eigenvalue weighted by Crippen LogP contribution is 2.34. The molecule has 9 heteroatoms. The molecule has 0 spiro atoms. The van der Waals surface area contributed by atoms with E-state index in [1.165, 1.54) is 31.0 Å². The van der Waals surface area contributed by atoms with Gasteiger partial charge in [-0.15, -0.1) is 10.2 Å². The molecule has 0 bridgehead atoms. The van der Waals surface area contributed by atoms with Crippen molar-refractivity contribution in [2.75, 3.05) is 32.4 Å². The van der Waals surface area contributed by atoms with Crippen LogP contribution >= 0.6 is 11.8 Å². The normalized spacial score (nSPS) is 13.9. The number of rotatable bonds is 11. The zero-order valence-electron chi connectivity index (χ0n) is 20.5. The van der Waals surface area contributed by atoms with E-state index < -0.39 is 0 Å². The molecule has 1 N–H and O–H groups in total. The van der Waals surface area contributed by atoms with Gasteiger partial charge < -0.3 is 24.1 Å². The van der Waals surface area contributed by atoms with Crippen molar-refractivity contribution >= 4 is 23.2 Å². The van der Waals surface area contributed by atoms with E-state index in [0.29, 0.717) is 29.6 Å². The molecule has 0 unspecified atom stereocenters. The number of benzene rings is 2. The quantitative estimate of drug-likeness (QED) is 0.279. The minimum Gasteiger partial charge on any atom is -0.497 e. The van der Waals surface area contributed by atoms with E-state index in [1.54, 1.807) is 39.5 Å². The number of thioether (sulfide) groups is 1. The summed E-state index contributed by atoms with van der Waals surface area (Å²) in [5.74, 6) is 3.02. The van der Waals surface area contributed by atoms with Crippen molar-refractivity contribution in [1.82, 2.24) is 14.8 Å². The third kappa shape index (κ3) is 6.08. The number of hydrogen-bond acceptors (Lipinski definition) is 8. The Hall–Kier alpha value is -3.20. The Morgan fingerprint density at radius 3 is 2.51 bits per heavy atom. The predicted molar refractivity (Wildman–Crippen MR) is 137 cm³/mol. The number of carbonyl (C=O) groups excluding carboxylic acids is 1. The van der Waals surface area contributed by atoms with Crippen LogP contribution in [-0.4, -0.2) is 47.6 Å². The molecule has 1 fully saturated rings. The van der Waals surface area contributed by atoms with Gasteiger partial charge in [0, 0.05) is 17.8 Å². The first-order chi connectivity index (χ1) is 17.1. The Bertz CT molecular complexity index is 1140. The molecule has 8 nitrogen and oxygen atoms in total. The Balaban J connectivity index is 1.52. The number of hydrogen-bond donors (Lipinski definition) is 1. The van der Waals surface area contributed by atoms with Gasteiger partial charge in [0.1, 0.15) is 17.2 Å². The van der Waals surface area contributed by atoms with Gasteiger partial charge in [0.2, 0.25) is 0 Å². The van der Waals surface area contributed by atoms with Gasteiger partial charge in [-0.3, -0.25) is 4.79 Å². The van der Waals surface area contributed by atoms with Crippen molar-refractivity contribution in [1.29, 1.82) is 0 Å². The SMILES string of the molecule is COc1cccc(NCc2nnc(SCC(=O)c3cc(OC)ccc3OC)n2C2CCCCC2)c1. The van der Waals surface area contributed by atoms with Crippen LogP contribution in [-0.2, 0) is 6.54 Å². The molecule has 0 amide bonds. The summed E-state index contributed by atoms with van der Waals surface area (Å²) >= 11 is 1.42. The van der Waals surface area contributed by atoms with Gasteiger partial charge in [0.15, 0.2) is 16.8 Å². The molecule has 1 aromatic heterocycles. The second-order valence-electron chi connectivity index (χ2n) is 8.42. The second-order valence-corrected chi connectivity index (χ2v) is 9.37. The number of nitrogens with zero attached hydrogens (tertiary/aromatic N) is 3. The maximum atomic E-state index is 13.1. The highest BCUT2D eigenvalue weighted by Gasteiger charge is 2.24. The molecule has 1 aliphatic rings. The van der Waals surface area contributed by atoms with E-state index in [2.05, 4.69) is 20.1 Å². The van der Waals surface area contributed by atoms with Crippen molar-refractivity contribution in [2.24, 2.45) is 0 Å². The fourth-order valence-electron chi connectivity index (χ4n) is 4.39. The van der Waals surface area contributed by atoms with Crippen LogP contribution in [0.15, 0.2) is 47.6 Å². The Labute approximate surface area is 210 Å². The second kappa shape index (κ2) is 12.0. The summed E-state index contributed by atoms with van der Waals surface area (Å²) in [6.45, 7) is 0.537. The molecule has 0 atom stereocenters. The molecule has 0 radical (unpaired) electrons. The molecule has 1 aliphatic carbocycles. The average molecular weight is 497 g/mol. The number of anilines is 1. The summed E-state index contributed by atoms with van der Waals surface area (Å²) < 4.78 is 18.2. The van der Waals surface area contributed by atoms with Crippen LogP contribution in [0, 0.1) is 0 Å². The van der Waals surface area contributed by atoms with Gasteiger partial charge in [0.25, 0.3) is 0 Å². The maximum absolute atomic E-state index is 13.1. The lowest BCUT2D eigenvalue weighted by Gasteiger charge is -2.25. The number of nitrogens with one attached hydrogen (secondary N) is 1. The van der Waals surface area contributed by atoms with Crippen LogP contribution in [0.2, 0.25) is 0 Å². The van der Waals surface area contributed by atoms with Crippen LogP contribution in [0.25, 0.3) is 0 Å². The van der Waals surface area contributed by atoms with Crippen molar-refractivity contribution in [2.45, 2.75) is 49.8 Å². The minimum absolute atomic E-state index is 0.0417. The lowest BCUT2D eigenvalue weighted by Crippen LogP contribution is -2.18. The Morgan fingerprint density at radius 2 is 1.77 bits per heavy atom. The van der Waals surface area contributed by atoms with Gasteiger partial charge in [-0.05, 0) is 43.2 Å². The summed E-state index contributed by atoms with van der Waals surface area (Å²) in [4.78, 5) is 13.1. The average Bonchev–Trinajstić information content (AvgIpc) is 3.33. The standard InChI is InChI=1S/C26H32N4O4S/c1-32-20-11-7-8-18(14-20)27-16-25-28-29-26(30(25)19-9-5-4-6-10-19)35-17-23(31)22-15-21(33-2)12-13-24(22)34-3/h7-8,11-15,19,27H,4-6,9-10,16-17H2,1-3H3. The smallest absolute Gasteiger partial charge is 0.191 e. The number of ketones is 1. The Morgan fingerprint density at radius 1 is 1.00 bits per heavy atom. The molecular formula is C26H32N4O4S. The molecule has 35 heavy (non-hydrogen) atoms. The summed E-state index contributed by atoms with van der Waals surface area (Å²) in [6.07, 6.45) is 5.82. The summed E-state index contributed by atoms with van der Waals surface area (Å²) in [5, 5.41) is 13.2. The third-order valence-electron chi connectivity index (χ3n) is 6.23. The number of ether oxygens (including phenoxy) is 3. The molecule has 3 aromatic rings. The molecule has 0 aliphatic heterocycles. The van der Waals surface area contributed by atoms with Crippen molar-refractivity contribution in [3.8, 4) is 17.2 Å². The predicted octanol–water partition coefficient (Wildman–Crippen LogP) is 5.40. The first-order valence-corrected chi connectivity index (χ1v) is 12.8. The van der Waals surface area contributed by atoms with E-state index in [-0.39, 0.29) is 11.5 Å². The minimum atomic E-state index is -0.0417. The number of Topliss-reactive ketones (excluding diaryl/α,β-unsaturated/α-hetero) is 1. The molecule has 0 saturated heterocycles. The fraction of sp³-hybridized carbons (Fsp3) is 0.423. The van der Waals surface area contributed by atoms with Crippen LogP contribution in [0.4, 0.5) is 5.69 Å². The van der Waals surface area contributed by atoms with E-state index in [4.69, 9.17) is 14.2 Å². The van der Waals surface area contributed by atoms with E-state index in [0.717, 1.165) is 35.3 Å². The fourth-order valence-corrected chi connectivity index (χ4v) is 5.29. The highest BCUT2D eigenvalue weighted by atomic mass is 32.2. The maximum Gasteiger partial charge on any atom is 0.191 e. The summed E-state index contributed by atoms with van der Waals surface area (Å²) in [6, 6.07) is 13.4. The third-order valence-corrected chi connectivity index (χ3v) is 7.18. The first-order valence-electron chi connectivity index (χ1n) is 11.8. The first kappa shape index (κ1) is 24.9. The van der Waals surface area contributed by atoms with Gasteiger partial charge in [-0.1, -0.05) is 37.1 Å². The largest absolute Gasteiger partial charge is 0.497 e. The molecule has 2 aromatic carbocycles. The van der Waals surface area contributed by atoms with E-state index >= 15 is 0 Å². The number of carbonyl (C=O) groups is 1. The molecular weight excluding hydrogens is 464 g/mol. The number of methoxy groups -OCH3 is 3. The zero-order valence-corrected chi connectivity index (χ0v) is 21.3. The van der Waals surface area contributed by atoms with Crippen molar-refractivity contribution in [3.63, 3.8) is 0 Å². The highest BCUT2D eigenvalue weighted by molar-refractivity contribution is 7.99.